The molecule has 3 atom stereocenters. The van der Waals surface area contributed by atoms with Crippen LogP contribution in [0.15, 0.2) is 0 Å². The topological polar surface area (TPSA) is 35.6 Å². The summed E-state index contributed by atoms with van der Waals surface area (Å²) in [4.78, 5) is 17.5. The van der Waals surface area contributed by atoms with Crippen molar-refractivity contribution in [2.75, 3.05) is 33.2 Å². The van der Waals surface area contributed by atoms with Crippen LogP contribution in [0.25, 0.3) is 0 Å². The molecule has 0 radical (unpaired) electrons. The molecule has 2 heterocycles. The van der Waals surface area contributed by atoms with Gasteiger partial charge in [-0.1, -0.05) is 26.2 Å². The minimum Gasteiger partial charge on any atom is -0.341 e. The highest BCUT2D eigenvalue weighted by Crippen LogP contribution is 2.34. The molecule has 3 unspecified atom stereocenters. The van der Waals surface area contributed by atoms with E-state index in [9.17, 15) is 4.79 Å². The first kappa shape index (κ1) is 24.0. The highest BCUT2D eigenvalue weighted by atomic mass is 35.5. The third-order valence-electron chi connectivity index (χ3n) is 6.55. The van der Waals surface area contributed by atoms with E-state index in [1.807, 2.05) is 0 Å². The molecule has 6 heteroatoms. The van der Waals surface area contributed by atoms with Gasteiger partial charge in [-0.3, -0.25) is 4.79 Å². The summed E-state index contributed by atoms with van der Waals surface area (Å²) >= 11 is 0. The fraction of sp³-hybridized carbons (Fsp3) is 0.950. The quantitative estimate of drug-likeness (QED) is 0.728. The van der Waals surface area contributed by atoms with E-state index in [-0.39, 0.29) is 30.9 Å². The molecule has 1 N–H and O–H groups in total. The molecule has 1 amide bonds. The fourth-order valence-corrected chi connectivity index (χ4v) is 5.03. The highest BCUT2D eigenvalue weighted by Gasteiger charge is 2.40. The number of halogens is 2. The van der Waals surface area contributed by atoms with Crippen molar-refractivity contribution in [2.45, 2.75) is 76.8 Å². The number of likely N-dealkylation sites (tertiary alicyclic amines) is 1. The summed E-state index contributed by atoms with van der Waals surface area (Å²) in [7, 11) is 2.25. The Kier molecular flexibility index (Phi) is 10.8. The maximum atomic E-state index is 12.9. The molecule has 1 saturated carbocycles. The number of rotatable bonds is 6. The van der Waals surface area contributed by atoms with E-state index in [4.69, 9.17) is 0 Å². The van der Waals surface area contributed by atoms with Gasteiger partial charge in [0, 0.05) is 25.7 Å². The summed E-state index contributed by atoms with van der Waals surface area (Å²) in [6, 6.07) is 0.735. The van der Waals surface area contributed by atoms with E-state index in [0.29, 0.717) is 11.9 Å². The number of nitrogens with zero attached hydrogens (tertiary/aromatic N) is 2. The zero-order valence-electron chi connectivity index (χ0n) is 16.6. The Bertz CT molecular complexity index is 402. The molecule has 4 nitrogen and oxygen atoms in total. The second-order valence-corrected chi connectivity index (χ2v) is 8.49. The molecule has 2 aliphatic heterocycles. The maximum Gasteiger partial charge on any atom is 0.239 e. The van der Waals surface area contributed by atoms with Crippen molar-refractivity contribution < 1.29 is 4.79 Å². The zero-order valence-corrected chi connectivity index (χ0v) is 18.3. The normalized spacial score (nSPS) is 29.0. The van der Waals surface area contributed by atoms with Crippen molar-refractivity contribution in [3.8, 4) is 0 Å². The lowest BCUT2D eigenvalue weighted by atomic mass is 9.85. The lowest BCUT2D eigenvalue weighted by Crippen LogP contribution is -2.49. The van der Waals surface area contributed by atoms with Gasteiger partial charge >= 0.3 is 0 Å². The average Bonchev–Trinajstić information content (AvgIpc) is 3.04. The summed E-state index contributed by atoms with van der Waals surface area (Å²) < 4.78 is 0. The Balaban J connectivity index is 0.00000169. The van der Waals surface area contributed by atoms with Crippen molar-refractivity contribution >= 4 is 30.7 Å². The van der Waals surface area contributed by atoms with Gasteiger partial charge in [0.25, 0.3) is 0 Å². The standard InChI is InChI=1S/C20H37N3O.2ClH/c1-3-4-11-22(2)15-16-9-12-23(13-10-16)20(24)19-14-17-7-5-6-8-18(17)21-19;;/h16-19,21H,3-15H2,1-2H3;2*1H. The van der Waals surface area contributed by atoms with E-state index < -0.39 is 0 Å². The van der Waals surface area contributed by atoms with Gasteiger partial charge in [-0.15, -0.1) is 24.8 Å². The van der Waals surface area contributed by atoms with Crippen LogP contribution in [0, 0.1) is 11.8 Å². The average molecular weight is 408 g/mol. The van der Waals surface area contributed by atoms with Crippen LogP contribution < -0.4 is 5.32 Å². The number of hydrogen-bond donors (Lipinski definition) is 1. The van der Waals surface area contributed by atoms with E-state index in [0.717, 1.165) is 31.3 Å². The van der Waals surface area contributed by atoms with Gasteiger partial charge < -0.3 is 15.1 Å². The molecular weight excluding hydrogens is 369 g/mol. The summed E-state index contributed by atoms with van der Waals surface area (Å²) in [6.45, 7) is 6.61. The van der Waals surface area contributed by atoms with Crippen LogP contribution in [0.1, 0.15) is 64.7 Å². The van der Waals surface area contributed by atoms with Crippen LogP contribution >= 0.6 is 24.8 Å². The van der Waals surface area contributed by atoms with Crippen LogP contribution in [0.5, 0.6) is 0 Å². The summed E-state index contributed by atoms with van der Waals surface area (Å²) in [5.74, 6) is 1.93. The maximum absolute atomic E-state index is 12.9. The highest BCUT2D eigenvalue weighted by molar-refractivity contribution is 5.85. The molecule has 3 fully saturated rings. The molecule has 3 rings (SSSR count). The molecule has 0 spiro atoms. The monoisotopic (exact) mass is 407 g/mol. The summed E-state index contributed by atoms with van der Waals surface area (Å²) in [6.07, 6.45) is 11.3. The van der Waals surface area contributed by atoms with E-state index >= 15 is 0 Å². The van der Waals surface area contributed by atoms with Gasteiger partial charge in [-0.05, 0) is 64.0 Å². The lowest BCUT2D eigenvalue weighted by molar-refractivity contribution is -0.134. The van der Waals surface area contributed by atoms with Gasteiger partial charge in [0.2, 0.25) is 5.91 Å². The van der Waals surface area contributed by atoms with Gasteiger partial charge in [0.1, 0.15) is 0 Å². The first-order chi connectivity index (χ1) is 11.7. The van der Waals surface area contributed by atoms with Crippen molar-refractivity contribution in [2.24, 2.45) is 11.8 Å². The Morgan fingerprint density at radius 2 is 1.81 bits per heavy atom. The molecule has 0 aromatic heterocycles. The first-order valence-corrected chi connectivity index (χ1v) is 10.4. The number of fused-ring (bicyclic) bond motifs is 1. The number of carbonyl (C=O) groups excluding carboxylic acids is 1. The van der Waals surface area contributed by atoms with Crippen molar-refractivity contribution in [1.29, 1.82) is 0 Å². The van der Waals surface area contributed by atoms with Crippen LogP contribution in [0.2, 0.25) is 0 Å². The number of unbranched alkanes of at least 4 members (excludes halogenated alkanes) is 1. The largest absolute Gasteiger partial charge is 0.341 e. The van der Waals surface area contributed by atoms with E-state index in [1.54, 1.807) is 0 Å². The number of amides is 1. The SMILES string of the molecule is CCCCN(C)CC1CCN(C(=O)C2CC3CCCCC3N2)CC1.Cl.Cl. The molecule has 154 valence electrons. The Hall–Kier alpha value is -0.0300. The van der Waals surface area contributed by atoms with E-state index in [1.165, 1.54) is 64.5 Å². The fourth-order valence-electron chi connectivity index (χ4n) is 5.03. The van der Waals surface area contributed by atoms with Gasteiger partial charge in [0.15, 0.2) is 0 Å². The molecular formula is C20H39Cl2N3O. The molecule has 0 aromatic rings. The molecule has 0 aromatic carbocycles. The predicted octanol–water partition coefficient (Wildman–Crippen LogP) is 3.72. The Morgan fingerprint density at radius 3 is 2.46 bits per heavy atom. The number of piperidine rings is 1. The molecule has 0 bridgehead atoms. The number of hydrogen-bond acceptors (Lipinski definition) is 3. The molecule has 3 aliphatic rings. The number of nitrogens with one attached hydrogen (secondary N) is 1. The van der Waals surface area contributed by atoms with Gasteiger partial charge in [0.05, 0.1) is 6.04 Å². The summed E-state index contributed by atoms with van der Waals surface area (Å²) in [5, 5.41) is 3.66. The predicted molar refractivity (Wildman–Crippen MR) is 113 cm³/mol. The smallest absolute Gasteiger partial charge is 0.239 e. The Morgan fingerprint density at radius 1 is 1.12 bits per heavy atom. The lowest BCUT2D eigenvalue weighted by Gasteiger charge is -2.35. The summed E-state index contributed by atoms with van der Waals surface area (Å²) in [5.41, 5.74) is 0. The van der Waals surface area contributed by atoms with Crippen molar-refractivity contribution in [1.82, 2.24) is 15.1 Å². The van der Waals surface area contributed by atoms with Crippen LogP contribution in [0.4, 0.5) is 0 Å². The van der Waals surface area contributed by atoms with Gasteiger partial charge in [-0.25, -0.2) is 0 Å². The molecule has 1 aliphatic carbocycles. The van der Waals surface area contributed by atoms with E-state index in [2.05, 4.69) is 29.1 Å². The molecule has 2 saturated heterocycles. The second kappa shape index (κ2) is 11.7. The van der Waals surface area contributed by atoms with Crippen LogP contribution in [0.3, 0.4) is 0 Å². The third-order valence-corrected chi connectivity index (χ3v) is 6.55. The number of carbonyl (C=O) groups is 1. The van der Waals surface area contributed by atoms with Crippen LogP contribution in [-0.2, 0) is 4.79 Å². The van der Waals surface area contributed by atoms with Gasteiger partial charge in [-0.2, -0.15) is 0 Å². The minimum atomic E-state index is 0. The van der Waals surface area contributed by atoms with Crippen molar-refractivity contribution in [3.63, 3.8) is 0 Å². The molecule has 26 heavy (non-hydrogen) atoms. The zero-order chi connectivity index (χ0) is 16.9. The second-order valence-electron chi connectivity index (χ2n) is 8.49. The third kappa shape index (κ3) is 6.25. The first-order valence-electron chi connectivity index (χ1n) is 10.4. The minimum absolute atomic E-state index is 0. The van der Waals surface area contributed by atoms with Crippen LogP contribution in [-0.4, -0.2) is 61.0 Å². The Labute approximate surface area is 172 Å². The van der Waals surface area contributed by atoms with Crippen molar-refractivity contribution in [3.05, 3.63) is 0 Å².